The average Bonchev–Trinajstić information content (AvgIpc) is 2.96. The fourth-order valence-corrected chi connectivity index (χ4v) is 4.64. The van der Waals surface area contributed by atoms with Gasteiger partial charge < -0.3 is 4.90 Å². The number of anilines is 1. The lowest BCUT2D eigenvalue weighted by molar-refractivity contribution is 0.135. The van der Waals surface area contributed by atoms with Gasteiger partial charge in [-0.2, -0.15) is 0 Å². The van der Waals surface area contributed by atoms with E-state index in [0.29, 0.717) is 17.1 Å². The summed E-state index contributed by atoms with van der Waals surface area (Å²) in [7, 11) is 3.94. The number of likely N-dealkylation sites (tertiary alicyclic amines) is 1. The summed E-state index contributed by atoms with van der Waals surface area (Å²) in [5.74, 6) is 0.542. The molecule has 0 N–H and O–H groups in total. The molecule has 26 heavy (non-hydrogen) atoms. The Labute approximate surface area is 159 Å². The van der Waals surface area contributed by atoms with Gasteiger partial charge in [-0.1, -0.05) is 17.7 Å². The normalized spacial score (nSPS) is 22.6. The minimum atomic E-state index is -0.221. The van der Waals surface area contributed by atoms with Gasteiger partial charge in [-0.15, -0.1) is 0 Å². The summed E-state index contributed by atoms with van der Waals surface area (Å²) in [6.07, 6.45) is 6.32. The Morgan fingerprint density at radius 1 is 1.31 bits per heavy atom. The van der Waals surface area contributed by atoms with Crippen LogP contribution in [0.3, 0.4) is 0 Å². The number of rotatable bonds is 3. The number of aromatic nitrogens is 2. The van der Waals surface area contributed by atoms with Gasteiger partial charge in [0.25, 0.3) is 0 Å². The standard InChI is InChI=1S/C20H24ClFN4/c1-25(2)19-23-11-14-7-9-20(18(14)24-19)8-4-10-26(13-20)12-15-16(21)5-3-6-17(15)22/h3,5-6,11H,4,7-10,12-13H2,1-2H3. The molecule has 138 valence electrons. The Kier molecular flexibility index (Phi) is 4.61. The highest BCUT2D eigenvalue weighted by atomic mass is 35.5. The maximum absolute atomic E-state index is 14.2. The van der Waals surface area contributed by atoms with E-state index in [-0.39, 0.29) is 11.2 Å². The van der Waals surface area contributed by atoms with Crippen LogP contribution in [0.15, 0.2) is 24.4 Å². The van der Waals surface area contributed by atoms with Crippen molar-refractivity contribution in [3.63, 3.8) is 0 Å². The lowest BCUT2D eigenvalue weighted by atomic mass is 9.77. The molecule has 1 aromatic carbocycles. The summed E-state index contributed by atoms with van der Waals surface area (Å²) < 4.78 is 14.2. The van der Waals surface area contributed by atoms with Crippen molar-refractivity contribution >= 4 is 17.5 Å². The van der Waals surface area contributed by atoms with Gasteiger partial charge in [0.2, 0.25) is 5.95 Å². The first-order chi connectivity index (χ1) is 12.5. The molecular formula is C20H24ClFN4. The lowest BCUT2D eigenvalue weighted by Gasteiger charge is -2.40. The Bertz CT molecular complexity index is 801. The molecule has 1 aliphatic heterocycles. The number of benzene rings is 1. The molecule has 0 bridgehead atoms. The number of hydrogen-bond acceptors (Lipinski definition) is 4. The Morgan fingerprint density at radius 3 is 2.92 bits per heavy atom. The third-order valence-corrected chi connectivity index (χ3v) is 6.08. The van der Waals surface area contributed by atoms with Gasteiger partial charge in [-0.3, -0.25) is 4.90 Å². The second kappa shape index (κ2) is 6.78. The van der Waals surface area contributed by atoms with E-state index in [1.54, 1.807) is 12.1 Å². The third kappa shape index (κ3) is 3.08. The summed E-state index contributed by atoms with van der Waals surface area (Å²) in [4.78, 5) is 13.7. The van der Waals surface area contributed by atoms with Gasteiger partial charge >= 0.3 is 0 Å². The molecule has 2 aromatic rings. The molecule has 2 aliphatic rings. The maximum atomic E-state index is 14.2. The fourth-order valence-electron chi connectivity index (χ4n) is 4.41. The Balaban J connectivity index is 1.61. The van der Waals surface area contributed by atoms with Crippen molar-refractivity contribution in [3.05, 3.63) is 52.1 Å². The molecule has 1 unspecified atom stereocenters. The molecule has 6 heteroatoms. The van der Waals surface area contributed by atoms with Gasteiger partial charge in [0, 0.05) is 49.4 Å². The highest BCUT2D eigenvalue weighted by molar-refractivity contribution is 6.31. The van der Waals surface area contributed by atoms with E-state index in [1.807, 2.05) is 25.2 Å². The van der Waals surface area contributed by atoms with Crippen LogP contribution in [-0.2, 0) is 18.4 Å². The topological polar surface area (TPSA) is 32.3 Å². The van der Waals surface area contributed by atoms with Crippen molar-refractivity contribution in [1.29, 1.82) is 0 Å². The largest absolute Gasteiger partial charge is 0.347 e. The Morgan fingerprint density at radius 2 is 2.15 bits per heavy atom. The monoisotopic (exact) mass is 374 g/mol. The quantitative estimate of drug-likeness (QED) is 0.817. The third-order valence-electron chi connectivity index (χ3n) is 5.73. The van der Waals surface area contributed by atoms with Crippen LogP contribution in [-0.4, -0.2) is 42.1 Å². The molecule has 4 rings (SSSR count). The molecular weight excluding hydrogens is 351 g/mol. The summed E-state index contributed by atoms with van der Waals surface area (Å²) in [6, 6.07) is 4.91. The van der Waals surface area contributed by atoms with Crippen LogP contribution in [0.5, 0.6) is 0 Å². The molecule has 4 nitrogen and oxygen atoms in total. The van der Waals surface area contributed by atoms with Crippen LogP contribution in [0.1, 0.15) is 36.1 Å². The zero-order valence-corrected chi connectivity index (χ0v) is 16.1. The molecule has 1 aromatic heterocycles. The van der Waals surface area contributed by atoms with Crippen LogP contribution in [0.2, 0.25) is 5.02 Å². The summed E-state index contributed by atoms with van der Waals surface area (Å²) in [6.45, 7) is 2.41. The second-order valence-electron chi connectivity index (χ2n) is 7.73. The zero-order chi connectivity index (χ0) is 18.3. The van der Waals surface area contributed by atoms with Crippen molar-refractivity contribution in [1.82, 2.24) is 14.9 Å². The summed E-state index contributed by atoms with van der Waals surface area (Å²) in [5.41, 5.74) is 3.11. The maximum Gasteiger partial charge on any atom is 0.225 e. The molecule has 0 radical (unpaired) electrons. The smallest absolute Gasteiger partial charge is 0.225 e. The van der Waals surface area contributed by atoms with Crippen LogP contribution >= 0.6 is 11.6 Å². The van der Waals surface area contributed by atoms with E-state index in [2.05, 4.69) is 9.88 Å². The number of nitrogens with zero attached hydrogens (tertiary/aromatic N) is 4. The van der Waals surface area contributed by atoms with Gasteiger partial charge in [0.05, 0.1) is 5.69 Å². The Hall–Kier alpha value is -1.72. The molecule has 1 fully saturated rings. The van der Waals surface area contributed by atoms with E-state index in [4.69, 9.17) is 16.6 Å². The zero-order valence-electron chi connectivity index (χ0n) is 15.3. The predicted molar refractivity (Wildman–Crippen MR) is 102 cm³/mol. The van der Waals surface area contributed by atoms with Crippen molar-refractivity contribution in [2.24, 2.45) is 0 Å². The van der Waals surface area contributed by atoms with E-state index in [0.717, 1.165) is 44.7 Å². The van der Waals surface area contributed by atoms with Crippen LogP contribution in [0, 0.1) is 5.82 Å². The second-order valence-corrected chi connectivity index (χ2v) is 8.14. The van der Waals surface area contributed by atoms with Gasteiger partial charge in [0.1, 0.15) is 5.82 Å². The van der Waals surface area contributed by atoms with Crippen molar-refractivity contribution in [2.45, 2.75) is 37.6 Å². The molecule has 2 heterocycles. The molecule has 1 atom stereocenters. The number of fused-ring (bicyclic) bond motifs is 2. The summed E-state index contributed by atoms with van der Waals surface area (Å²) >= 11 is 6.24. The van der Waals surface area contributed by atoms with Crippen molar-refractivity contribution in [3.8, 4) is 0 Å². The van der Waals surface area contributed by atoms with E-state index in [9.17, 15) is 4.39 Å². The fraction of sp³-hybridized carbons (Fsp3) is 0.500. The highest BCUT2D eigenvalue weighted by Gasteiger charge is 2.43. The molecule has 0 saturated carbocycles. The first kappa shape index (κ1) is 17.7. The van der Waals surface area contributed by atoms with Crippen LogP contribution in [0.4, 0.5) is 10.3 Å². The first-order valence-electron chi connectivity index (χ1n) is 9.17. The molecule has 1 saturated heterocycles. The van der Waals surface area contributed by atoms with Crippen LogP contribution in [0.25, 0.3) is 0 Å². The number of halogens is 2. The molecule has 1 aliphatic carbocycles. The van der Waals surface area contributed by atoms with Gasteiger partial charge in [-0.25, -0.2) is 14.4 Å². The summed E-state index contributed by atoms with van der Waals surface area (Å²) in [5, 5.41) is 0.508. The number of aryl methyl sites for hydroxylation is 1. The first-order valence-corrected chi connectivity index (χ1v) is 9.55. The van der Waals surface area contributed by atoms with Crippen molar-refractivity contribution in [2.75, 3.05) is 32.1 Å². The minimum Gasteiger partial charge on any atom is -0.347 e. The van der Waals surface area contributed by atoms with Crippen LogP contribution < -0.4 is 4.90 Å². The van der Waals surface area contributed by atoms with E-state index >= 15 is 0 Å². The van der Waals surface area contributed by atoms with E-state index in [1.165, 1.54) is 17.3 Å². The molecule has 1 spiro atoms. The average molecular weight is 375 g/mol. The highest BCUT2D eigenvalue weighted by Crippen LogP contribution is 2.44. The van der Waals surface area contributed by atoms with Crippen molar-refractivity contribution < 1.29 is 4.39 Å². The lowest BCUT2D eigenvalue weighted by Crippen LogP contribution is -2.45. The number of hydrogen-bond donors (Lipinski definition) is 0. The predicted octanol–water partition coefficient (Wildman–Crippen LogP) is 3.82. The van der Waals surface area contributed by atoms with Gasteiger partial charge in [-0.05, 0) is 49.9 Å². The SMILES string of the molecule is CN(C)c1ncc2c(n1)C1(CCCN(Cc3c(F)cccc3Cl)C1)CC2. The molecule has 0 amide bonds. The van der Waals surface area contributed by atoms with Gasteiger partial charge in [0.15, 0.2) is 0 Å². The minimum absolute atomic E-state index is 0.0546. The van der Waals surface area contributed by atoms with E-state index < -0.39 is 0 Å². The number of piperidine rings is 1.